The van der Waals surface area contributed by atoms with Crippen LogP contribution in [0.4, 0.5) is 17.1 Å². The summed E-state index contributed by atoms with van der Waals surface area (Å²) in [6, 6.07) is 16.5. The Morgan fingerprint density at radius 3 is 2.14 bits per heavy atom. The number of piperidine rings is 3. The van der Waals surface area contributed by atoms with Crippen molar-refractivity contribution in [1.29, 1.82) is 0 Å². The molecule has 0 saturated carbocycles. The van der Waals surface area contributed by atoms with Crippen molar-refractivity contribution in [3.05, 3.63) is 98.9 Å². The highest BCUT2D eigenvalue weighted by molar-refractivity contribution is 6.33. The first kappa shape index (κ1) is 38.2. The second-order valence-corrected chi connectivity index (χ2v) is 17.6. The van der Waals surface area contributed by atoms with Crippen molar-refractivity contribution >= 4 is 58.2 Å². The first-order chi connectivity index (χ1) is 27.8. The predicted octanol–water partition coefficient (Wildman–Crippen LogP) is 5.16. The number of imide groups is 2. The average molecular weight is 804 g/mol. The smallest absolute Gasteiger partial charge is 0.262 e. The van der Waals surface area contributed by atoms with Crippen molar-refractivity contribution in [2.24, 2.45) is 5.41 Å². The van der Waals surface area contributed by atoms with Gasteiger partial charge in [-0.2, -0.15) is 0 Å². The fraction of sp³-hybridized carbons (Fsp3) is 0.455. The SMILES string of the molecule is [C-]#[N+]c1ccc(N2CC3(CCN(c4ccc(C(=O)N5CCC(O)(CN6Cc7cc8c(cc7C6)C(=O)N(C6CCC(=O)NC6=O)C8=O)CC5)cc4)CC3)C[C@@H]2C)cc1Cl. The number of nitrogens with zero attached hydrogens (tertiary/aromatic N) is 6. The van der Waals surface area contributed by atoms with Crippen LogP contribution >= 0.6 is 11.6 Å². The lowest BCUT2D eigenvalue weighted by molar-refractivity contribution is -0.136. The Kier molecular flexibility index (Phi) is 9.57. The van der Waals surface area contributed by atoms with Crippen molar-refractivity contribution in [3.63, 3.8) is 0 Å². The number of anilines is 2. The zero-order valence-corrected chi connectivity index (χ0v) is 33.3. The molecule has 2 N–H and O–H groups in total. The lowest BCUT2D eigenvalue weighted by Gasteiger charge is -2.41. The van der Waals surface area contributed by atoms with E-state index in [4.69, 9.17) is 18.2 Å². The molecule has 0 aliphatic carbocycles. The average Bonchev–Trinajstić information content (AvgIpc) is 3.83. The van der Waals surface area contributed by atoms with E-state index in [1.54, 1.807) is 12.1 Å². The van der Waals surface area contributed by atoms with E-state index in [1.165, 1.54) is 0 Å². The molecule has 1 unspecified atom stereocenters. The molecule has 1 spiro atoms. The van der Waals surface area contributed by atoms with Crippen molar-refractivity contribution in [3.8, 4) is 0 Å². The van der Waals surface area contributed by atoms with Gasteiger partial charge in [0, 0.05) is 86.8 Å². The summed E-state index contributed by atoms with van der Waals surface area (Å²) in [6.45, 7) is 14.7. The molecule has 6 aliphatic heterocycles. The van der Waals surface area contributed by atoms with Crippen LogP contribution in [-0.4, -0.2) is 106 Å². The molecule has 0 aromatic heterocycles. The fourth-order valence-electron chi connectivity index (χ4n) is 10.3. The quantitative estimate of drug-likeness (QED) is 0.256. The van der Waals surface area contributed by atoms with E-state index in [2.05, 4.69) is 31.8 Å². The maximum Gasteiger partial charge on any atom is 0.262 e. The predicted molar refractivity (Wildman–Crippen MR) is 217 cm³/mol. The molecule has 58 heavy (non-hydrogen) atoms. The highest BCUT2D eigenvalue weighted by atomic mass is 35.5. The molecule has 300 valence electrons. The van der Waals surface area contributed by atoms with Crippen LogP contribution in [0.25, 0.3) is 4.85 Å². The summed E-state index contributed by atoms with van der Waals surface area (Å²) in [5.41, 5.74) is 4.87. The number of hydrogen-bond acceptors (Lipinski definition) is 9. The first-order valence-electron chi connectivity index (χ1n) is 20.2. The monoisotopic (exact) mass is 803 g/mol. The highest BCUT2D eigenvalue weighted by Crippen LogP contribution is 2.46. The number of fused-ring (bicyclic) bond motifs is 2. The van der Waals surface area contributed by atoms with Crippen LogP contribution in [-0.2, 0) is 22.7 Å². The van der Waals surface area contributed by atoms with E-state index >= 15 is 0 Å². The van der Waals surface area contributed by atoms with Crippen LogP contribution in [0.5, 0.6) is 0 Å². The van der Waals surface area contributed by atoms with Gasteiger partial charge >= 0.3 is 0 Å². The van der Waals surface area contributed by atoms with Gasteiger partial charge in [-0.1, -0.05) is 17.7 Å². The van der Waals surface area contributed by atoms with Crippen molar-refractivity contribution in [1.82, 2.24) is 20.0 Å². The van der Waals surface area contributed by atoms with Gasteiger partial charge in [0.05, 0.1) is 23.3 Å². The third-order valence-electron chi connectivity index (χ3n) is 13.5. The number of likely N-dealkylation sites (tertiary alicyclic amines) is 1. The summed E-state index contributed by atoms with van der Waals surface area (Å²) in [6.07, 6.45) is 4.32. The molecule has 14 heteroatoms. The van der Waals surface area contributed by atoms with Gasteiger partial charge in [-0.3, -0.25) is 39.1 Å². The van der Waals surface area contributed by atoms with E-state index in [-0.39, 0.29) is 35.3 Å². The number of hydrogen-bond donors (Lipinski definition) is 2. The van der Waals surface area contributed by atoms with Crippen LogP contribution < -0.4 is 15.1 Å². The number of nitrogens with one attached hydrogen (secondary N) is 1. The number of rotatable bonds is 6. The summed E-state index contributed by atoms with van der Waals surface area (Å²) >= 11 is 6.38. The molecule has 3 aromatic rings. The lowest BCUT2D eigenvalue weighted by atomic mass is 9.76. The van der Waals surface area contributed by atoms with Gasteiger partial charge in [-0.25, -0.2) is 4.85 Å². The second-order valence-electron chi connectivity index (χ2n) is 17.2. The number of carbonyl (C=O) groups excluding carboxylic acids is 5. The van der Waals surface area contributed by atoms with Crippen LogP contribution in [0.2, 0.25) is 5.02 Å². The lowest BCUT2D eigenvalue weighted by Crippen LogP contribution is -2.54. The third-order valence-corrected chi connectivity index (χ3v) is 13.8. The van der Waals surface area contributed by atoms with Gasteiger partial charge < -0.3 is 19.8 Å². The van der Waals surface area contributed by atoms with Gasteiger partial charge in [0.15, 0.2) is 0 Å². The molecule has 3 aromatic carbocycles. The summed E-state index contributed by atoms with van der Waals surface area (Å²) in [7, 11) is 0. The molecule has 0 bridgehead atoms. The zero-order valence-electron chi connectivity index (χ0n) is 32.5. The fourth-order valence-corrected chi connectivity index (χ4v) is 10.5. The largest absolute Gasteiger partial charge is 0.388 e. The first-order valence-corrected chi connectivity index (χ1v) is 20.6. The molecule has 0 radical (unpaired) electrons. The Hall–Kier alpha value is -5.29. The topological polar surface area (TPSA) is 138 Å². The molecule has 9 rings (SSSR count). The molecular weight excluding hydrogens is 758 g/mol. The highest BCUT2D eigenvalue weighted by Gasteiger charge is 2.47. The van der Waals surface area contributed by atoms with Crippen LogP contribution in [0.3, 0.4) is 0 Å². The molecule has 13 nitrogen and oxygen atoms in total. The van der Waals surface area contributed by atoms with Gasteiger partial charge in [0.25, 0.3) is 17.7 Å². The molecule has 4 saturated heterocycles. The Morgan fingerprint density at radius 1 is 0.897 bits per heavy atom. The number of aliphatic hydroxyl groups is 1. The second kappa shape index (κ2) is 14.5. The maximum absolute atomic E-state index is 13.6. The van der Waals surface area contributed by atoms with Crippen LogP contribution in [0, 0.1) is 12.0 Å². The number of amides is 5. The molecule has 6 aliphatic rings. The van der Waals surface area contributed by atoms with E-state index in [9.17, 15) is 29.1 Å². The normalized spacial score (nSPS) is 24.0. The standard InChI is InChI=1S/C44H46ClN7O6/c1-27-22-43(25-51(27)32-7-8-36(46-2)35(45)21-32)11-15-49(16-12-43)31-5-3-28(4-6-31)40(55)50-17-13-44(58,14-18-50)26-48-23-29-19-33-34(20-30(29)24-48)42(57)52(41(33)56)37-9-10-38(53)47-39(37)54/h3-8,19-21,27,37,58H,9-18,22-26H2,1H3,(H,47,53,54)/t27-,37?/m0/s1. The molecule has 6 heterocycles. The van der Waals surface area contributed by atoms with Gasteiger partial charge in [0.2, 0.25) is 17.5 Å². The number of β-amino-alcohol motifs (C(OH)–C–C–N with tert-alkyl or cyclic N) is 1. The number of benzene rings is 3. The summed E-state index contributed by atoms with van der Waals surface area (Å²) in [5.74, 6) is -2.14. The molecule has 2 atom stereocenters. The van der Waals surface area contributed by atoms with Crippen LogP contribution in [0.15, 0.2) is 54.6 Å². The minimum Gasteiger partial charge on any atom is -0.388 e. The van der Waals surface area contributed by atoms with Gasteiger partial charge in [0.1, 0.15) is 6.04 Å². The van der Waals surface area contributed by atoms with Crippen LogP contribution in [0.1, 0.15) is 94.1 Å². The van der Waals surface area contributed by atoms with Gasteiger partial charge in [-0.05, 0) is 111 Å². The van der Waals surface area contributed by atoms with E-state index in [0.717, 1.165) is 66.3 Å². The zero-order chi connectivity index (χ0) is 40.5. The van der Waals surface area contributed by atoms with E-state index in [0.29, 0.717) is 67.9 Å². The Labute approximate surface area is 342 Å². The van der Waals surface area contributed by atoms with Crippen molar-refractivity contribution < 1.29 is 29.1 Å². The summed E-state index contributed by atoms with van der Waals surface area (Å²) in [5, 5.41) is 14.4. The molecule has 5 amide bonds. The number of carbonyl (C=O) groups is 5. The van der Waals surface area contributed by atoms with E-state index < -0.39 is 35.3 Å². The van der Waals surface area contributed by atoms with E-state index in [1.807, 2.05) is 47.4 Å². The molecular formula is C44H46ClN7O6. The summed E-state index contributed by atoms with van der Waals surface area (Å²) < 4.78 is 0. The Morgan fingerprint density at radius 2 is 1.53 bits per heavy atom. The minimum absolute atomic E-state index is 0.0421. The van der Waals surface area contributed by atoms with Gasteiger partial charge in [-0.15, -0.1) is 0 Å². The van der Waals surface area contributed by atoms with Crippen molar-refractivity contribution in [2.45, 2.75) is 82.6 Å². The molecule has 4 fully saturated rings. The number of halogens is 1. The van der Waals surface area contributed by atoms with Crippen molar-refractivity contribution in [2.75, 3.05) is 49.1 Å². The third kappa shape index (κ3) is 6.80. The summed E-state index contributed by atoms with van der Waals surface area (Å²) in [4.78, 5) is 77.6. The Balaban J connectivity index is 0.759. The minimum atomic E-state index is -1.00. The maximum atomic E-state index is 13.6. The Bertz CT molecular complexity index is 2230.